The van der Waals surface area contributed by atoms with E-state index < -0.39 is 11.8 Å². The van der Waals surface area contributed by atoms with Crippen LogP contribution in [0.3, 0.4) is 0 Å². The summed E-state index contributed by atoms with van der Waals surface area (Å²) >= 11 is 0. The number of amides is 2. The summed E-state index contributed by atoms with van der Waals surface area (Å²) in [4.78, 5) is 24.4. The molecule has 26 heavy (non-hydrogen) atoms. The maximum Gasteiger partial charge on any atom is 0.309 e. The van der Waals surface area contributed by atoms with Gasteiger partial charge in [-0.1, -0.05) is 79.9 Å². The van der Waals surface area contributed by atoms with Crippen LogP contribution in [-0.2, 0) is 9.59 Å². The molecular formula is C22H26N2O2. The van der Waals surface area contributed by atoms with Crippen molar-refractivity contribution in [3.63, 3.8) is 0 Å². The molecule has 1 saturated carbocycles. The van der Waals surface area contributed by atoms with Crippen LogP contribution in [0.4, 0.5) is 0 Å². The van der Waals surface area contributed by atoms with Crippen molar-refractivity contribution in [3.8, 4) is 0 Å². The Hall–Kier alpha value is -2.62. The molecule has 0 heterocycles. The molecule has 2 N–H and O–H groups in total. The van der Waals surface area contributed by atoms with Crippen LogP contribution in [-0.4, -0.2) is 24.4 Å². The Morgan fingerprint density at radius 1 is 0.808 bits per heavy atom. The third-order valence-electron chi connectivity index (χ3n) is 5.02. The highest BCUT2D eigenvalue weighted by Gasteiger charge is 2.22. The van der Waals surface area contributed by atoms with Crippen molar-refractivity contribution in [2.45, 2.75) is 44.1 Å². The minimum Gasteiger partial charge on any atom is -0.347 e. The lowest BCUT2D eigenvalue weighted by Gasteiger charge is -2.23. The molecule has 1 aliphatic rings. The van der Waals surface area contributed by atoms with Crippen LogP contribution in [0.25, 0.3) is 0 Å². The highest BCUT2D eigenvalue weighted by atomic mass is 16.2. The largest absolute Gasteiger partial charge is 0.347 e. The van der Waals surface area contributed by atoms with Crippen molar-refractivity contribution in [2.75, 3.05) is 6.54 Å². The Labute approximate surface area is 155 Å². The zero-order valence-electron chi connectivity index (χ0n) is 15.0. The second-order valence-corrected chi connectivity index (χ2v) is 6.89. The number of rotatable bonds is 5. The quantitative estimate of drug-likeness (QED) is 0.812. The van der Waals surface area contributed by atoms with Crippen molar-refractivity contribution < 1.29 is 9.59 Å². The van der Waals surface area contributed by atoms with Gasteiger partial charge in [-0.2, -0.15) is 0 Å². The predicted molar refractivity (Wildman–Crippen MR) is 103 cm³/mol. The van der Waals surface area contributed by atoms with Crippen molar-refractivity contribution in [1.82, 2.24) is 10.6 Å². The van der Waals surface area contributed by atoms with Gasteiger partial charge in [0.05, 0.1) is 0 Å². The normalized spacial score (nSPS) is 14.8. The zero-order valence-corrected chi connectivity index (χ0v) is 15.0. The van der Waals surface area contributed by atoms with Crippen LogP contribution in [0.1, 0.15) is 49.1 Å². The van der Waals surface area contributed by atoms with Gasteiger partial charge in [0.1, 0.15) is 0 Å². The summed E-state index contributed by atoms with van der Waals surface area (Å²) in [7, 11) is 0. The summed E-state index contributed by atoms with van der Waals surface area (Å²) in [5.41, 5.74) is 2.23. The second kappa shape index (κ2) is 9.18. The molecule has 3 rings (SSSR count). The summed E-state index contributed by atoms with van der Waals surface area (Å²) in [6, 6.07) is 20.2. The summed E-state index contributed by atoms with van der Waals surface area (Å²) in [6.45, 7) is 0.394. The topological polar surface area (TPSA) is 58.2 Å². The lowest BCUT2D eigenvalue weighted by atomic mass is 9.91. The number of nitrogens with one attached hydrogen (secondary N) is 2. The van der Waals surface area contributed by atoms with Crippen LogP contribution in [0, 0.1) is 0 Å². The molecule has 136 valence electrons. The zero-order chi connectivity index (χ0) is 18.2. The monoisotopic (exact) mass is 350 g/mol. The van der Waals surface area contributed by atoms with Crippen molar-refractivity contribution in [2.24, 2.45) is 0 Å². The van der Waals surface area contributed by atoms with Gasteiger partial charge in [0.25, 0.3) is 0 Å². The van der Waals surface area contributed by atoms with Gasteiger partial charge >= 0.3 is 11.8 Å². The fourth-order valence-corrected chi connectivity index (χ4v) is 3.57. The van der Waals surface area contributed by atoms with Gasteiger partial charge in [-0.3, -0.25) is 9.59 Å². The van der Waals surface area contributed by atoms with Crippen LogP contribution in [0.15, 0.2) is 60.7 Å². The van der Waals surface area contributed by atoms with Crippen LogP contribution < -0.4 is 10.6 Å². The molecule has 0 radical (unpaired) electrons. The first-order valence-corrected chi connectivity index (χ1v) is 9.42. The van der Waals surface area contributed by atoms with Gasteiger partial charge in [0.15, 0.2) is 0 Å². The lowest BCUT2D eigenvalue weighted by Crippen LogP contribution is -2.46. The van der Waals surface area contributed by atoms with Gasteiger partial charge in [-0.25, -0.2) is 0 Å². The van der Waals surface area contributed by atoms with Crippen molar-refractivity contribution in [1.29, 1.82) is 0 Å². The number of benzene rings is 2. The number of carbonyl (C=O) groups excluding carboxylic acids is 2. The fraction of sp³-hybridized carbons (Fsp3) is 0.364. The molecule has 0 aromatic heterocycles. The van der Waals surface area contributed by atoms with E-state index in [1.807, 2.05) is 60.7 Å². The van der Waals surface area contributed by atoms with E-state index in [1.165, 1.54) is 6.42 Å². The molecule has 4 nitrogen and oxygen atoms in total. The molecule has 0 spiro atoms. The predicted octanol–water partition coefficient (Wildman–Crippen LogP) is 3.38. The fourth-order valence-electron chi connectivity index (χ4n) is 3.57. The highest BCUT2D eigenvalue weighted by Crippen LogP contribution is 2.23. The first-order chi connectivity index (χ1) is 12.7. The van der Waals surface area contributed by atoms with Gasteiger partial charge in [0.2, 0.25) is 0 Å². The van der Waals surface area contributed by atoms with E-state index in [-0.39, 0.29) is 12.0 Å². The van der Waals surface area contributed by atoms with E-state index in [9.17, 15) is 9.59 Å². The average molecular weight is 350 g/mol. The molecule has 0 aliphatic heterocycles. The third kappa shape index (κ3) is 4.94. The van der Waals surface area contributed by atoms with Gasteiger partial charge in [-0.05, 0) is 24.0 Å². The molecule has 1 aliphatic carbocycles. The van der Waals surface area contributed by atoms with E-state index in [2.05, 4.69) is 10.6 Å². The first kappa shape index (κ1) is 18.2. The van der Waals surface area contributed by atoms with Crippen molar-refractivity contribution >= 4 is 11.8 Å². The molecular weight excluding hydrogens is 324 g/mol. The van der Waals surface area contributed by atoms with Crippen LogP contribution in [0.5, 0.6) is 0 Å². The summed E-state index contributed by atoms with van der Waals surface area (Å²) in [5, 5.41) is 5.69. The van der Waals surface area contributed by atoms with Crippen LogP contribution in [0.2, 0.25) is 0 Å². The number of hydrogen-bond acceptors (Lipinski definition) is 2. The Kier molecular flexibility index (Phi) is 6.42. The van der Waals surface area contributed by atoms with E-state index >= 15 is 0 Å². The molecule has 0 atom stereocenters. The summed E-state index contributed by atoms with van der Waals surface area (Å²) < 4.78 is 0. The molecule has 2 amide bonds. The molecule has 0 unspecified atom stereocenters. The standard InChI is InChI=1S/C22H26N2O2/c25-21(22(26)24-19-14-8-3-9-15-19)23-16-20(17-10-4-1-5-11-17)18-12-6-2-7-13-18/h1-2,4-7,10-13,19-20H,3,8-9,14-16H2,(H,23,25)(H,24,26). The first-order valence-electron chi connectivity index (χ1n) is 9.42. The Morgan fingerprint density at radius 2 is 1.35 bits per heavy atom. The van der Waals surface area contributed by atoms with E-state index in [0.717, 1.165) is 36.8 Å². The molecule has 0 saturated heterocycles. The lowest BCUT2D eigenvalue weighted by molar-refractivity contribution is -0.139. The van der Waals surface area contributed by atoms with Crippen molar-refractivity contribution in [3.05, 3.63) is 71.8 Å². The SMILES string of the molecule is O=C(NCC(c1ccccc1)c1ccccc1)C(=O)NC1CCCCC1. The van der Waals surface area contributed by atoms with Gasteiger partial charge < -0.3 is 10.6 Å². The van der Waals surface area contributed by atoms with E-state index in [4.69, 9.17) is 0 Å². The van der Waals surface area contributed by atoms with E-state index in [1.54, 1.807) is 0 Å². The second-order valence-electron chi connectivity index (χ2n) is 6.89. The molecule has 2 aromatic rings. The molecule has 1 fully saturated rings. The maximum absolute atomic E-state index is 12.3. The smallest absolute Gasteiger partial charge is 0.309 e. The molecule has 0 bridgehead atoms. The Morgan fingerprint density at radius 3 is 1.88 bits per heavy atom. The maximum atomic E-state index is 12.3. The van der Waals surface area contributed by atoms with Gasteiger partial charge in [-0.15, -0.1) is 0 Å². The Balaban J connectivity index is 1.62. The number of carbonyl (C=O) groups is 2. The number of hydrogen-bond donors (Lipinski definition) is 2. The summed E-state index contributed by atoms with van der Waals surface area (Å²) in [6.07, 6.45) is 5.40. The van der Waals surface area contributed by atoms with Crippen LogP contribution >= 0.6 is 0 Å². The van der Waals surface area contributed by atoms with Gasteiger partial charge in [0, 0.05) is 18.5 Å². The Bertz CT molecular complexity index is 670. The molecule has 2 aromatic carbocycles. The third-order valence-corrected chi connectivity index (χ3v) is 5.02. The minimum absolute atomic E-state index is 0.0174. The average Bonchev–Trinajstić information content (AvgIpc) is 2.70. The minimum atomic E-state index is -0.549. The summed E-state index contributed by atoms with van der Waals surface area (Å²) in [5.74, 6) is -1.05. The highest BCUT2D eigenvalue weighted by molar-refractivity contribution is 6.35. The molecule has 4 heteroatoms. The van der Waals surface area contributed by atoms with E-state index in [0.29, 0.717) is 6.54 Å².